The van der Waals surface area contributed by atoms with E-state index in [4.69, 9.17) is 4.74 Å². The summed E-state index contributed by atoms with van der Waals surface area (Å²) >= 11 is 0. The van der Waals surface area contributed by atoms with Gasteiger partial charge in [-0.05, 0) is 61.7 Å². The monoisotopic (exact) mass is 339 g/mol. The molecule has 134 valence electrons. The Balaban J connectivity index is 1.59. The molecule has 2 saturated carbocycles. The van der Waals surface area contributed by atoms with Gasteiger partial charge in [0.2, 0.25) is 0 Å². The summed E-state index contributed by atoms with van der Waals surface area (Å²) in [6.07, 6.45) is 12.4. The second-order valence-corrected chi connectivity index (χ2v) is 9.16. The number of nitrogens with zero attached hydrogens (tertiary/aromatic N) is 1. The lowest BCUT2D eigenvalue weighted by Crippen LogP contribution is -2.50. The molecule has 0 aliphatic heterocycles. The van der Waals surface area contributed by atoms with Crippen molar-refractivity contribution in [3.05, 3.63) is 23.3 Å². The molecule has 4 rings (SSSR count). The molecule has 0 aromatic heterocycles. The topological polar surface area (TPSA) is 50.1 Å². The molecule has 0 bridgehead atoms. The van der Waals surface area contributed by atoms with Gasteiger partial charge >= 0.3 is 5.97 Å². The van der Waals surface area contributed by atoms with Crippen LogP contribution in [0.1, 0.15) is 65.7 Å². The largest absolute Gasteiger partial charge is 0.462 e. The highest BCUT2D eigenvalue weighted by Gasteiger charge is 2.56. The minimum absolute atomic E-state index is 0.0700. The summed E-state index contributed by atoms with van der Waals surface area (Å²) < 4.78 is 5.51. The van der Waals surface area contributed by atoms with Gasteiger partial charge in [-0.2, -0.15) is 5.26 Å². The van der Waals surface area contributed by atoms with Crippen molar-refractivity contribution in [3.8, 4) is 6.07 Å². The van der Waals surface area contributed by atoms with Crippen LogP contribution in [0.3, 0.4) is 0 Å². The average Bonchev–Trinajstić information content (AvgIpc) is 2.91. The molecule has 4 aliphatic carbocycles. The molecular weight excluding hydrogens is 310 g/mol. The molecular formula is C22H29NO2. The first-order valence-electron chi connectivity index (χ1n) is 9.86. The predicted molar refractivity (Wildman–Crippen MR) is 96.3 cm³/mol. The number of carbonyl (C=O) groups is 1. The second-order valence-electron chi connectivity index (χ2n) is 9.16. The number of fused-ring (bicyclic) bond motifs is 5. The normalized spacial score (nSPS) is 45.2. The quantitative estimate of drug-likeness (QED) is 0.502. The number of carbonyl (C=O) groups excluding carboxylic acids is 1. The van der Waals surface area contributed by atoms with Crippen molar-refractivity contribution < 1.29 is 9.53 Å². The van der Waals surface area contributed by atoms with Gasteiger partial charge in [-0.3, -0.25) is 4.79 Å². The van der Waals surface area contributed by atoms with Crippen molar-refractivity contribution in [2.24, 2.45) is 28.6 Å². The fourth-order valence-electron chi connectivity index (χ4n) is 6.70. The highest BCUT2D eigenvalue weighted by molar-refractivity contribution is 5.66. The fourth-order valence-corrected chi connectivity index (χ4v) is 6.70. The lowest BCUT2D eigenvalue weighted by Gasteiger charge is -2.57. The number of esters is 1. The van der Waals surface area contributed by atoms with Crippen LogP contribution in [0.15, 0.2) is 23.3 Å². The summed E-state index contributed by atoms with van der Waals surface area (Å²) in [6, 6.07) is 2.49. The summed E-state index contributed by atoms with van der Waals surface area (Å²) in [6.45, 7) is 6.30. The molecule has 0 saturated heterocycles. The van der Waals surface area contributed by atoms with Gasteiger partial charge in [0.15, 0.2) is 0 Å². The molecule has 0 spiro atoms. The Kier molecular flexibility index (Phi) is 3.87. The summed E-state index contributed by atoms with van der Waals surface area (Å²) in [4.78, 5) is 11.3. The molecule has 4 aliphatic rings. The SMILES string of the molecule is CC(=O)O[C@H]1CC[C@@]2(C)C(=CC[C@@H]3[C@@H]2CC[C@]2(C)C(C#N)=CC[C@@H]32)C1. The predicted octanol–water partition coefficient (Wildman–Crippen LogP) is 4.94. The van der Waals surface area contributed by atoms with E-state index in [1.165, 1.54) is 18.9 Å². The summed E-state index contributed by atoms with van der Waals surface area (Å²) in [7, 11) is 0. The van der Waals surface area contributed by atoms with Gasteiger partial charge in [-0.25, -0.2) is 0 Å². The van der Waals surface area contributed by atoms with Crippen LogP contribution in [0.5, 0.6) is 0 Å². The minimum atomic E-state index is -0.155. The third-order valence-corrected chi connectivity index (χ3v) is 8.09. The lowest BCUT2D eigenvalue weighted by molar-refractivity contribution is -0.148. The van der Waals surface area contributed by atoms with Crippen LogP contribution in [0.4, 0.5) is 0 Å². The lowest BCUT2D eigenvalue weighted by atomic mass is 9.47. The molecule has 0 aromatic rings. The van der Waals surface area contributed by atoms with E-state index < -0.39 is 0 Å². The number of hydrogen-bond acceptors (Lipinski definition) is 3. The van der Waals surface area contributed by atoms with E-state index in [9.17, 15) is 10.1 Å². The van der Waals surface area contributed by atoms with E-state index in [1.54, 1.807) is 0 Å². The molecule has 0 unspecified atom stereocenters. The molecule has 3 nitrogen and oxygen atoms in total. The third-order valence-electron chi connectivity index (χ3n) is 8.09. The molecule has 2 fully saturated rings. The Morgan fingerprint density at radius 2 is 1.92 bits per heavy atom. The Hall–Kier alpha value is -1.56. The molecule has 0 N–H and O–H groups in total. The summed E-state index contributed by atoms with van der Waals surface area (Å²) in [5.74, 6) is 1.88. The first-order chi connectivity index (χ1) is 11.9. The first-order valence-corrected chi connectivity index (χ1v) is 9.86. The van der Waals surface area contributed by atoms with Crippen LogP contribution in [0.25, 0.3) is 0 Å². The summed E-state index contributed by atoms with van der Waals surface area (Å²) in [5.41, 5.74) is 2.93. The molecule has 0 aromatic carbocycles. The van der Waals surface area contributed by atoms with Crippen molar-refractivity contribution >= 4 is 5.97 Å². The molecule has 0 heterocycles. The average molecular weight is 339 g/mol. The highest BCUT2D eigenvalue weighted by Crippen LogP contribution is 2.64. The van der Waals surface area contributed by atoms with Gasteiger partial charge in [0.05, 0.1) is 6.07 Å². The van der Waals surface area contributed by atoms with E-state index in [-0.39, 0.29) is 22.9 Å². The van der Waals surface area contributed by atoms with Gasteiger partial charge in [0, 0.05) is 24.3 Å². The second kappa shape index (κ2) is 5.73. The zero-order valence-corrected chi connectivity index (χ0v) is 15.7. The van der Waals surface area contributed by atoms with Crippen LogP contribution in [-0.4, -0.2) is 12.1 Å². The van der Waals surface area contributed by atoms with Crippen molar-refractivity contribution in [2.45, 2.75) is 71.8 Å². The maximum atomic E-state index is 11.3. The molecule has 0 amide bonds. The van der Waals surface area contributed by atoms with Crippen LogP contribution in [-0.2, 0) is 9.53 Å². The fraction of sp³-hybridized carbons (Fsp3) is 0.727. The van der Waals surface area contributed by atoms with Gasteiger partial charge < -0.3 is 4.74 Å². The van der Waals surface area contributed by atoms with Gasteiger partial charge in [0.25, 0.3) is 0 Å². The van der Waals surface area contributed by atoms with Gasteiger partial charge in [-0.1, -0.05) is 31.6 Å². The maximum Gasteiger partial charge on any atom is 0.302 e. The van der Waals surface area contributed by atoms with E-state index in [0.29, 0.717) is 11.8 Å². The number of rotatable bonds is 1. The molecule has 6 atom stereocenters. The van der Waals surface area contributed by atoms with E-state index >= 15 is 0 Å². The van der Waals surface area contributed by atoms with Gasteiger partial charge in [-0.15, -0.1) is 0 Å². The minimum Gasteiger partial charge on any atom is -0.462 e. The van der Waals surface area contributed by atoms with Crippen molar-refractivity contribution in [2.75, 3.05) is 0 Å². The van der Waals surface area contributed by atoms with Gasteiger partial charge in [0.1, 0.15) is 6.10 Å². The third kappa shape index (κ3) is 2.40. The van der Waals surface area contributed by atoms with Crippen molar-refractivity contribution in [1.29, 1.82) is 5.26 Å². The Bertz CT molecular complexity index is 699. The smallest absolute Gasteiger partial charge is 0.302 e. The zero-order valence-electron chi connectivity index (χ0n) is 15.7. The summed E-state index contributed by atoms with van der Waals surface area (Å²) in [5, 5.41) is 9.53. The van der Waals surface area contributed by atoms with E-state index in [2.05, 4.69) is 32.1 Å². The highest BCUT2D eigenvalue weighted by atomic mass is 16.5. The van der Waals surface area contributed by atoms with Crippen molar-refractivity contribution in [1.82, 2.24) is 0 Å². The molecule has 3 heteroatoms. The van der Waals surface area contributed by atoms with Crippen LogP contribution >= 0.6 is 0 Å². The van der Waals surface area contributed by atoms with Crippen LogP contribution in [0.2, 0.25) is 0 Å². The Morgan fingerprint density at radius 1 is 1.16 bits per heavy atom. The Morgan fingerprint density at radius 3 is 2.64 bits per heavy atom. The standard InChI is InChI=1S/C22H29NO2/c1-14(24)25-17-8-10-21(2)15(12-17)4-6-18-19-7-5-16(13-23)22(19,3)11-9-20(18)21/h4-5,17-20H,6-12H2,1-3H3/t17-,18-,19-,20-,21-,22+/m0/s1. The molecule has 25 heavy (non-hydrogen) atoms. The van der Waals surface area contributed by atoms with E-state index in [1.807, 2.05) is 0 Å². The number of allylic oxidation sites excluding steroid dienone is 3. The van der Waals surface area contributed by atoms with Crippen molar-refractivity contribution in [3.63, 3.8) is 0 Å². The zero-order chi connectivity index (χ0) is 17.8. The molecule has 0 radical (unpaired) electrons. The number of ether oxygens (including phenoxy) is 1. The first kappa shape index (κ1) is 16.9. The van der Waals surface area contributed by atoms with E-state index in [0.717, 1.165) is 50.0 Å². The number of hydrogen-bond donors (Lipinski definition) is 0. The number of nitriles is 1. The van der Waals surface area contributed by atoms with Crippen LogP contribution < -0.4 is 0 Å². The van der Waals surface area contributed by atoms with Crippen LogP contribution in [0, 0.1) is 39.9 Å². The maximum absolute atomic E-state index is 11.3. The Labute approximate surface area is 151 Å².